The summed E-state index contributed by atoms with van der Waals surface area (Å²) in [4.78, 5) is 16.9. The van der Waals surface area contributed by atoms with E-state index in [0.717, 1.165) is 9.82 Å². The number of nitrogens with one attached hydrogen (secondary N) is 1. The van der Waals surface area contributed by atoms with Gasteiger partial charge < -0.3 is 9.88 Å². The van der Waals surface area contributed by atoms with Crippen LogP contribution in [0.1, 0.15) is 17.8 Å². The van der Waals surface area contributed by atoms with Crippen LogP contribution in [0.5, 0.6) is 0 Å². The number of halogens is 1. The lowest BCUT2D eigenvalue weighted by atomic mass is 10.2. The van der Waals surface area contributed by atoms with Gasteiger partial charge in [0, 0.05) is 39.7 Å². The molecule has 0 saturated carbocycles. The second-order valence-electron chi connectivity index (χ2n) is 7.04. The summed E-state index contributed by atoms with van der Waals surface area (Å²) < 4.78 is 41.2. The molecule has 1 amide bonds. The Bertz CT molecular complexity index is 1190. The van der Waals surface area contributed by atoms with Crippen molar-refractivity contribution < 1.29 is 17.6 Å². The van der Waals surface area contributed by atoms with Crippen LogP contribution in [0.4, 0.5) is 10.1 Å². The highest BCUT2D eigenvalue weighted by molar-refractivity contribution is 7.89. The molecule has 3 aromatic rings. The summed E-state index contributed by atoms with van der Waals surface area (Å²) in [5.41, 5.74) is 2.24. The SMILES string of the molecule is Cc1ccc(NC(=O)CCc2nc3cc(S(=O)(=O)N(C)C)ccc3n2C)cc1F. The number of aromatic nitrogens is 2. The molecule has 0 fully saturated rings. The topological polar surface area (TPSA) is 84.3 Å². The molecule has 0 aliphatic rings. The predicted molar refractivity (Wildman–Crippen MR) is 110 cm³/mol. The van der Waals surface area contributed by atoms with Gasteiger partial charge in [0.05, 0.1) is 15.9 Å². The molecule has 0 aliphatic heterocycles. The fraction of sp³-hybridized carbons (Fsp3) is 0.300. The second-order valence-corrected chi connectivity index (χ2v) is 9.19. The van der Waals surface area contributed by atoms with E-state index >= 15 is 0 Å². The highest BCUT2D eigenvalue weighted by Crippen LogP contribution is 2.22. The van der Waals surface area contributed by atoms with Gasteiger partial charge >= 0.3 is 0 Å². The number of imidazole rings is 1. The normalized spacial score (nSPS) is 11.9. The van der Waals surface area contributed by atoms with Crippen molar-refractivity contribution in [3.8, 4) is 0 Å². The van der Waals surface area contributed by atoms with Gasteiger partial charge in [0.1, 0.15) is 11.6 Å². The Morgan fingerprint density at radius 2 is 1.93 bits per heavy atom. The molecule has 1 heterocycles. The lowest BCUT2D eigenvalue weighted by Crippen LogP contribution is -2.22. The number of amides is 1. The predicted octanol–water partition coefficient (Wildman–Crippen LogP) is 2.84. The number of aryl methyl sites for hydroxylation is 3. The standard InChI is InChI=1S/C20H23FN4O3S/c1-13-5-6-14(11-16(13)21)22-20(26)10-9-19-23-17-12-15(29(27,28)24(2)3)7-8-18(17)25(19)4/h5-8,11-12H,9-10H2,1-4H3,(H,22,26). The molecule has 3 rings (SSSR count). The minimum Gasteiger partial charge on any atom is -0.331 e. The monoisotopic (exact) mass is 418 g/mol. The highest BCUT2D eigenvalue weighted by Gasteiger charge is 2.19. The van der Waals surface area contributed by atoms with E-state index in [0.29, 0.717) is 29.0 Å². The van der Waals surface area contributed by atoms with Gasteiger partial charge in [0.2, 0.25) is 15.9 Å². The van der Waals surface area contributed by atoms with Gasteiger partial charge in [-0.25, -0.2) is 22.1 Å². The van der Waals surface area contributed by atoms with Crippen molar-refractivity contribution in [3.63, 3.8) is 0 Å². The summed E-state index contributed by atoms with van der Waals surface area (Å²) in [5.74, 6) is 0.0300. The molecule has 0 spiro atoms. The van der Waals surface area contributed by atoms with Crippen LogP contribution in [0.2, 0.25) is 0 Å². The minimum atomic E-state index is -3.55. The lowest BCUT2D eigenvalue weighted by Gasteiger charge is -2.10. The molecule has 1 aromatic heterocycles. The first-order valence-corrected chi connectivity index (χ1v) is 10.5. The molecular weight excluding hydrogens is 395 g/mol. The Morgan fingerprint density at radius 3 is 2.59 bits per heavy atom. The second kappa shape index (κ2) is 7.92. The fourth-order valence-electron chi connectivity index (χ4n) is 2.94. The fourth-order valence-corrected chi connectivity index (χ4v) is 3.87. The van der Waals surface area contributed by atoms with E-state index in [9.17, 15) is 17.6 Å². The molecule has 0 unspecified atom stereocenters. The van der Waals surface area contributed by atoms with E-state index in [-0.39, 0.29) is 23.0 Å². The molecule has 154 valence electrons. The van der Waals surface area contributed by atoms with Crippen LogP contribution in [-0.4, -0.2) is 42.3 Å². The van der Waals surface area contributed by atoms with E-state index in [1.165, 1.54) is 26.2 Å². The van der Waals surface area contributed by atoms with Gasteiger partial charge in [-0.05, 0) is 42.8 Å². The van der Waals surface area contributed by atoms with Crippen LogP contribution in [0, 0.1) is 12.7 Å². The number of hydrogen-bond acceptors (Lipinski definition) is 4. The minimum absolute atomic E-state index is 0.162. The van der Waals surface area contributed by atoms with Gasteiger partial charge in [-0.2, -0.15) is 0 Å². The number of fused-ring (bicyclic) bond motifs is 1. The molecule has 0 radical (unpaired) electrons. The van der Waals surface area contributed by atoms with Crippen molar-refractivity contribution in [1.82, 2.24) is 13.9 Å². The molecule has 9 heteroatoms. The molecule has 0 bridgehead atoms. The zero-order chi connectivity index (χ0) is 21.3. The van der Waals surface area contributed by atoms with Crippen molar-refractivity contribution in [3.05, 3.63) is 53.6 Å². The number of benzene rings is 2. The lowest BCUT2D eigenvalue weighted by molar-refractivity contribution is -0.116. The number of rotatable bonds is 6. The molecular formula is C20H23FN4O3S. The van der Waals surface area contributed by atoms with Gasteiger partial charge in [-0.3, -0.25) is 4.79 Å². The first-order chi connectivity index (χ1) is 13.6. The van der Waals surface area contributed by atoms with E-state index in [1.54, 1.807) is 31.2 Å². The summed E-state index contributed by atoms with van der Waals surface area (Å²) in [6.45, 7) is 1.65. The van der Waals surface area contributed by atoms with Crippen LogP contribution < -0.4 is 5.32 Å². The smallest absolute Gasteiger partial charge is 0.242 e. The molecule has 0 atom stereocenters. The zero-order valence-corrected chi connectivity index (χ0v) is 17.5. The van der Waals surface area contributed by atoms with Crippen LogP contribution >= 0.6 is 0 Å². The van der Waals surface area contributed by atoms with Crippen LogP contribution in [-0.2, 0) is 28.3 Å². The summed E-state index contributed by atoms with van der Waals surface area (Å²) >= 11 is 0. The van der Waals surface area contributed by atoms with Crippen molar-refractivity contribution in [1.29, 1.82) is 0 Å². The Balaban J connectivity index is 1.75. The molecule has 0 aliphatic carbocycles. The van der Waals surface area contributed by atoms with Gasteiger partial charge in [-0.1, -0.05) is 6.07 Å². The third-order valence-electron chi connectivity index (χ3n) is 4.75. The van der Waals surface area contributed by atoms with E-state index < -0.39 is 10.0 Å². The van der Waals surface area contributed by atoms with E-state index in [4.69, 9.17) is 0 Å². The molecule has 2 aromatic carbocycles. The maximum absolute atomic E-state index is 13.6. The number of sulfonamides is 1. The molecule has 7 nitrogen and oxygen atoms in total. The van der Waals surface area contributed by atoms with Gasteiger partial charge in [0.15, 0.2) is 0 Å². The van der Waals surface area contributed by atoms with Gasteiger partial charge in [-0.15, -0.1) is 0 Å². The third kappa shape index (κ3) is 4.30. The molecule has 1 N–H and O–H groups in total. The summed E-state index contributed by atoms with van der Waals surface area (Å²) in [6.07, 6.45) is 0.524. The van der Waals surface area contributed by atoms with Crippen molar-refractivity contribution in [2.75, 3.05) is 19.4 Å². The summed E-state index contributed by atoms with van der Waals surface area (Å²) in [7, 11) is 1.22. The molecule has 0 saturated heterocycles. The first-order valence-electron chi connectivity index (χ1n) is 9.03. The number of anilines is 1. The maximum Gasteiger partial charge on any atom is 0.242 e. The largest absolute Gasteiger partial charge is 0.331 e. The van der Waals surface area contributed by atoms with Gasteiger partial charge in [0.25, 0.3) is 0 Å². The van der Waals surface area contributed by atoms with Crippen molar-refractivity contribution in [2.45, 2.75) is 24.7 Å². The van der Waals surface area contributed by atoms with Crippen molar-refractivity contribution in [2.24, 2.45) is 7.05 Å². The molecule has 29 heavy (non-hydrogen) atoms. The number of hydrogen-bond donors (Lipinski definition) is 1. The number of carbonyl (C=O) groups excluding carboxylic acids is 1. The Morgan fingerprint density at radius 1 is 1.21 bits per heavy atom. The average molecular weight is 418 g/mol. The van der Waals surface area contributed by atoms with Crippen LogP contribution in [0.3, 0.4) is 0 Å². The van der Waals surface area contributed by atoms with E-state index in [1.807, 2.05) is 11.6 Å². The van der Waals surface area contributed by atoms with E-state index in [2.05, 4.69) is 10.3 Å². The Labute approximate surface area is 169 Å². The first kappa shape index (κ1) is 20.9. The maximum atomic E-state index is 13.6. The van der Waals surface area contributed by atoms with Crippen molar-refractivity contribution >= 4 is 32.7 Å². The quantitative estimate of drug-likeness (QED) is 0.667. The number of nitrogens with zero attached hydrogens (tertiary/aromatic N) is 3. The summed E-state index contributed by atoms with van der Waals surface area (Å²) in [5, 5.41) is 2.67. The number of carbonyl (C=O) groups is 1. The van der Waals surface area contributed by atoms with Crippen LogP contribution in [0.25, 0.3) is 11.0 Å². The Hall–Kier alpha value is -2.78. The zero-order valence-electron chi connectivity index (χ0n) is 16.7. The van der Waals surface area contributed by atoms with Crippen LogP contribution in [0.15, 0.2) is 41.3 Å². The average Bonchev–Trinajstić information content (AvgIpc) is 2.98. The summed E-state index contributed by atoms with van der Waals surface area (Å²) in [6, 6.07) is 9.32. The Kier molecular flexibility index (Phi) is 5.72. The third-order valence-corrected chi connectivity index (χ3v) is 6.57. The highest BCUT2D eigenvalue weighted by atomic mass is 32.2.